The van der Waals surface area contributed by atoms with Gasteiger partial charge in [-0.25, -0.2) is 4.68 Å². The van der Waals surface area contributed by atoms with Crippen LogP contribution in [-0.2, 0) is 11.0 Å². The van der Waals surface area contributed by atoms with E-state index in [-0.39, 0.29) is 15.9 Å². The Morgan fingerprint density at radius 1 is 1.20 bits per heavy atom. The summed E-state index contributed by atoms with van der Waals surface area (Å²) in [6.45, 7) is 1.55. The average molecular weight is 476 g/mol. The largest absolute Gasteiger partial charge is 0.416 e. The molecular weight excluding hydrogens is 462 g/mol. The van der Waals surface area contributed by atoms with Gasteiger partial charge in [0.15, 0.2) is 5.82 Å². The molecule has 0 spiro atoms. The number of amides is 1. The molecule has 0 saturated heterocycles. The molecule has 0 aliphatic heterocycles. The molecule has 2 aromatic carbocycles. The first-order chi connectivity index (χ1) is 14.1. The number of halogens is 5. The number of nitrogens with zero attached hydrogens (tertiary/aromatic N) is 3. The fourth-order valence-corrected chi connectivity index (χ4v) is 3.55. The molecule has 12 heteroatoms. The third kappa shape index (κ3) is 5.00. The molecule has 0 aliphatic carbocycles. The van der Waals surface area contributed by atoms with Crippen molar-refractivity contribution in [3.8, 4) is 11.4 Å². The van der Waals surface area contributed by atoms with Gasteiger partial charge in [-0.3, -0.25) is 4.79 Å². The van der Waals surface area contributed by atoms with Gasteiger partial charge in [0, 0.05) is 10.6 Å². The second kappa shape index (κ2) is 8.75. The zero-order valence-electron chi connectivity index (χ0n) is 15.2. The molecule has 158 valence electrons. The number of thioether (sulfide) groups is 1. The van der Waals surface area contributed by atoms with Crippen LogP contribution in [0.2, 0.25) is 10.0 Å². The van der Waals surface area contributed by atoms with E-state index in [2.05, 4.69) is 15.5 Å². The number of carbonyl (C=O) groups excluding carboxylic acids is 1. The molecule has 0 aliphatic rings. The van der Waals surface area contributed by atoms with Gasteiger partial charge >= 0.3 is 6.18 Å². The normalized spacial score (nSPS) is 12.6. The van der Waals surface area contributed by atoms with Crippen LogP contribution in [0.1, 0.15) is 12.5 Å². The highest BCUT2D eigenvalue weighted by Crippen LogP contribution is 2.34. The molecule has 0 radical (unpaired) electrons. The summed E-state index contributed by atoms with van der Waals surface area (Å²) in [5.41, 5.74) is -0.426. The molecule has 30 heavy (non-hydrogen) atoms. The van der Waals surface area contributed by atoms with E-state index in [9.17, 15) is 18.0 Å². The molecule has 0 fully saturated rings. The summed E-state index contributed by atoms with van der Waals surface area (Å²) < 4.78 is 39.9. The molecule has 0 saturated carbocycles. The maximum Gasteiger partial charge on any atom is 0.416 e. The van der Waals surface area contributed by atoms with Crippen LogP contribution < -0.4 is 11.2 Å². The fourth-order valence-electron chi connectivity index (χ4n) is 2.43. The Labute approximate surface area is 183 Å². The topological polar surface area (TPSA) is 85.8 Å². The number of nitrogens with one attached hydrogen (secondary N) is 1. The van der Waals surface area contributed by atoms with E-state index in [0.29, 0.717) is 16.4 Å². The Morgan fingerprint density at radius 3 is 2.60 bits per heavy atom. The van der Waals surface area contributed by atoms with Gasteiger partial charge in [-0.15, -0.1) is 10.2 Å². The third-order valence-corrected chi connectivity index (χ3v) is 5.57. The molecule has 3 N–H and O–H groups in total. The SMILES string of the molecule is C[C@H](Sc1nnc(-c2cccc(Cl)c2)n1N)C(=O)Nc1cc(C(F)(F)F)ccc1Cl. The summed E-state index contributed by atoms with van der Waals surface area (Å²) in [6, 6.07) is 9.53. The number of hydrogen-bond acceptors (Lipinski definition) is 5. The standard InChI is InChI=1S/C18H14Cl2F3N5OS/c1-9(16(29)25-14-8-11(18(21,22)23)5-6-13(14)20)30-17-27-26-15(28(17)24)10-3-2-4-12(19)7-10/h2-9H,24H2,1H3,(H,25,29)/t9-/m0/s1. The maximum atomic E-state index is 12.9. The summed E-state index contributed by atoms with van der Waals surface area (Å²) in [7, 11) is 0. The van der Waals surface area contributed by atoms with E-state index < -0.39 is 22.9 Å². The van der Waals surface area contributed by atoms with Crippen LogP contribution in [0, 0.1) is 0 Å². The van der Waals surface area contributed by atoms with Crippen LogP contribution in [0.5, 0.6) is 0 Å². The van der Waals surface area contributed by atoms with Gasteiger partial charge in [-0.05, 0) is 37.3 Å². The average Bonchev–Trinajstić information content (AvgIpc) is 3.03. The third-order valence-electron chi connectivity index (χ3n) is 3.95. The first-order valence-corrected chi connectivity index (χ1v) is 10.0. The van der Waals surface area contributed by atoms with Crippen LogP contribution in [0.3, 0.4) is 0 Å². The number of aromatic nitrogens is 3. The minimum Gasteiger partial charge on any atom is -0.335 e. The monoisotopic (exact) mass is 475 g/mol. The van der Waals surface area contributed by atoms with Crippen molar-refractivity contribution in [1.29, 1.82) is 0 Å². The molecule has 3 rings (SSSR count). The number of alkyl halides is 3. The highest BCUT2D eigenvalue weighted by molar-refractivity contribution is 8.00. The van der Waals surface area contributed by atoms with Crippen LogP contribution in [0.4, 0.5) is 18.9 Å². The van der Waals surface area contributed by atoms with Crippen molar-refractivity contribution in [2.45, 2.75) is 23.5 Å². The van der Waals surface area contributed by atoms with Gasteiger partial charge < -0.3 is 11.2 Å². The molecule has 1 aromatic heterocycles. The van der Waals surface area contributed by atoms with E-state index in [0.717, 1.165) is 30.0 Å². The quantitative estimate of drug-likeness (QED) is 0.395. The molecule has 0 bridgehead atoms. The predicted octanol–water partition coefficient (Wildman–Crippen LogP) is 5.10. The summed E-state index contributed by atoms with van der Waals surface area (Å²) in [5, 5.41) is 10.3. The zero-order chi connectivity index (χ0) is 22.1. The van der Waals surface area contributed by atoms with Gasteiger partial charge in [0.25, 0.3) is 0 Å². The fraction of sp³-hybridized carbons (Fsp3) is 0.167. The second-order valence-corrected chi connectivity index (χ2v) is 8.28. The van der Waals surface area contributed by atoms with Crippen LogP contribution in [0.15, 0.2) is 47.6 Å². The first-order valence-electron chi connectivity index (χ1n) is 8.37. The molecule has 0 unspecified atom stereocenters. The van der Waals surface area contributed by atoms with Crippen LogP contribution >= 0.6 is 35.0 Å². The number of benzene rings is 2. The lowest BCUT2D eigenvalue weighted by Crippen LogP contribution is -2.24. The predicted molar refractivity (Wildman–Crippen MR) is 111 cm³/mol. The lowest BCUT2D eigenvalue weighted by molar-refractivity contribution is -0.137. The van der Waals surface area contributed by atoms with E-state index in [1.165, 1.54) is 4.68 Å². The van der Waals surface area contributed by atoms with Crippen molar-refractivity contribution in [1.82, 2.24) is 14.9 Å². The molecule has 1 amide bonds. The second-order valence-electron chi connectivity index (χ2n) is 6.13. The first kappa shape index (κ1) is 22.3. The number of rotatable bonds is 5. The number of nitrogens with two attached hydrogens (primary N) is 1. The summed E-state index contributed by atoms with van der Waals surface area (Å²) >= 11 is 12.9. The summed E-state index contributed by atoms with van der Waals surface area (Å²) in [5.74, 6) is 5.79. The molecule has 6 nitrogen and oxygen atoms in total. The summed E-state index contributed by atoms with van der Waals surface area (Å²) in [6.07, 6.45) is -4.56. The molecule has 1 heterocycles. The van der Waals surface area contributed by atoms with E-state index in [1.54, 1.807) is 31.2 Å². The van der Waals surface area contributed by atoms with E-state index in [1.807, 2.05) is 0 Å². The lowest BCUT2D eigenvalue weighted by Gasteiger charge is -2.14. The minimum absolute atomic E-state index is 0.0150. The maximum absolute atomic E-state index is 12.9. The van der Waals surface area contributed by atoms with Crippen molar-refractivity contribution < 1.29 is 18.0 Å². The highest BCUT2D eigenvalue weighted by atomic mass is 35.5. The highest BCUT2D eigenvalue weighted by Gasteiger charge is 2.31. The van der Waals surface area contributed by atoms with Gasteiger partial charge in [-0.2, -0.15) is 13.2 Å². The smallest absolute Gasteiger partial charge is 0.335 e. The van der Waals surface area contributed by atoms with E-state index in [4.69, 9.17) is 29.0 Å². The Kier molecular flexibility index (Phi) is 6.49. The number of carbonyl (C=O) groups is 1. The van der Waals surface area contributed by atoms with Crippen molar-refractivity contribution in [2.75, 3.05) is 11.2 Å². The number of anilines is 1. The van der Waals surface area contributed by atoms with Gasteiger partial charge in [0.1, 0.15) is 0 Å². The van der Waals surface area contributed by atoms with Crippen molar-refractivity contribution in [3.63, 3.8) is 0 Å². The van der Waals surface area contributed by atoms with Gasteiger partial charge in [0.2, 0.25) is 11.1 Å². The minimum atomic E-state index is -4.56. The van der Waals surface area contributed by atoms with Crippen LogP contribution in [-0.4, -0.2) is 26.0 Å². The summed E-state index contributed by atoms with van der Waals surface area (Å²) in [4.78, 5) is 12.5. The van der Waals surface area contributed by atoms with Crippen LogP contribution in [0.25, 0.3) is 11.4 Å². The molecule has 3 aromatic rings. The molecule has 1 atom stereocenters. The van der Waals surface area contributed by atoms with Gasteiger partial charge in [0.05, 0.1) is 21.5 Å². The lowest BCUT2D eigenvalue weighted by atomic mass is 10.2. The Bertz CT molecular complexity index is 1090. The Morgan fingerprint density at radius 2 is 1.93 bits per heavy atom. The Balaban J connectivity index is 1.74. The van der Waals surface area contributed by atoms with Crippen molar-refractivity contribution in [3.05, 3.63) is 58.1 Å². The van der Waals surface area contributed by atoms with Crippen molar-refractivity contribution in [2.24, 2.45) is 0 Å². The number of hydrogen-bond donors (Lipinski definition) is 2. The van der Waals surface area contributed by atoms with Crippen molar-refractivity contribution >= 4 is 46.6 Å². The zero-order valence-corrected chi connectivity index (χ0v) is 17.6. The number of nitrogen functional groups attached to an aromatic ring is 1. The van der Waals surface area contributed by atoms with Gasteiger partial charge in [-0.1, -0.05) is 47.1 Å². The Hall–Kier alpha value is -2.43. The molecular formula is C18H14Cl2F3N5OS. The van der Waals surface area contributed by atoms with E-state index >= 15 is 0 Å².